The van der Waals surface area contributed by atoms with Crippen LogP contribution in [0.25, 0.3) is 0 Å². The summed E-state index contributed by atoms with van der Waals surface area (Å²) in [6, 6.07) is 8.82. The zero-order valence-electron chi connectivity index (χ0n) is 19.2. The summed E-state index contributed by atoms with van der Waals surface area (Å²) in [7, 11) is 0. The molecular formula is C26H20F3N3O5. The molecule has 11 heteroatoms. The fraction of sp³-hybridized carbons (Fsp3) is 0.346. The summed E-state index contributed by atoms with van der Waals surface area (Å²) in [5.74, 6) is -2.50. The van der Waals surface area contributed by atoms with Crippen LogP contribution >= 0.6 is 0 Å². The van der Waals surface area contributed by atoms with Gasteiger partial charge in [-0.2, -0.15) is 13.2 Å². The summed E-state index contributed by atoms with van der Waals surface area (Å²) < 4.78 is 41.7. The van der Waals surface area contributed by atoms with Gasteiger partial charge >= 0.3 is 6.18 Å². The van der Waals surface area contributed by atoms with Gasteiger partial charge in [0.1, 0.15) is 6.67 Å². The Morgan fingerprint density at radius 2 is 1.54 bits per heavy atom. The van der Waals surface area contributed by atoms with Crippen molar-refractivity contribution in [1.29, 1.82) is 0 Å². The molecule has 7 rings (SSSR count). The number of amides is 3. The Morgan fingerprint density at radius 3 is 2.08 bits per heavy atom. The number of carbonyl (C=O) groups excluding carboxylic acids is 3. The smallest absolute Gasteiger partial charge is 0.289 e. The van der Waals surface area contributed by atoms with Crippen LogP contribution in [0.5, 0.6) is 0 Å². The molecule has 2 aromatic carbocycles. The number of imide groups is 1. The van der Waals surface area contributed by atoms with Gasteiger partial charge in [-0.15, -0.1) is 0 Å². The molecular weight excluding hydrogens is 491 g/mol. The number of allylic oxidation sites excluding steroid dienone is 2. The van der Waals surface area contributed by atoms with Gasteiger partial charge < -0.3 is 0 Å². The molecule has 2 bridgehead atoms. The van der Waals surface area contributed by atoms with Gasteiger partial charge in [0.05, 0.1) is 28.0 Å². The van der Waals surface area contributed by atoms with Crippen molar-refractivity contribution in [3.63, 3.8) is 0 Å². The third kappa shape index (κ3) is 3.55. The molecule has 6 unspecified atom stereocenters. The van der Waals surface area contributed by atoms with Crippen LogP contribution in [0.15, 0.2) is 60.7 Å². The van der Waals surface area contributed by atoms with E-state index in [1.54, 1.807) is 0 Å². The standard InChI is InChI=1S/C26H20F3N3O5/c27-26(28,29)19-3-1-2-4-20(19)30(23(33)13-5-7-14(8-6-13)32(36)37)12-31-24(34)21-15-9-10-16(18-11-17(15)18)22(21)25(31)35/h1-10,15-18,21-22H,11-12H2. The average Bonchev–Trinajstić information content (AvgIpc) is 3.66. The summed E-state index contributed by atoms with van der Waals surface area (Å²) in [4.78, 5) is 52.5. The highest BCUT2D eigenvalue weighted by molar-refractivity contribution is 6.10. The lowest BCUT2D eigenvalue weighted by Crippen LogP contribution is -2.45. The normalized spacial score (nSPS) is 29.2. The first kappa shape index (κ1) is 23.4. The maximum atomic E-state index is 13.9. The second-order valence-electron chi connectivity index (χ2n) is 9.95. The molecule has 190 valence electrons. The largest absolute Gasteiger partial charge is 0.418 e. The second-order valence-corrected chi connectivity index (χ2v) is 9.95. The molecule has 5 aliphatic rings. The van der Waals surface area contributed by atoms with Crippen molar-refractivity contribution in [1.82, 2.24) is 4.90 Å². The molecule has 6 atom stereocenters. The highest BCUT2D eigenvalue weighted by Gasteiger charge is 2.67. The van der Waals surface area contributed by atoms with E-state index >= 15 is 0 Å². The summed E-state index contributed by atoms with van der Waals surface area (Å²) in [6.07, 6.45) is 0.0996. The number of alkyl halides is 3. The van der Waals surface area contributed by atoms with Crippen molar-refractivity contribution in [2.24, 2.45) is 35.5 Å². The van der Waals surface area contributed by atoms with E-state index in [9.17, 15) is 37.7 Å². The predicted octanol–water partition coefficient (Wildman–Crippen LogP) is 4.27. The lowest BCUT2D eigenvalue weighted by atomic mass is 9.63. The van der Waals surface area contributed by atoms with Crippen molar-refractivity contribution in [2.75, 3.05) is 11.6 Å². The van der Waals surface area contributed by atoms with Gasteiger partial charge in [0.15, 0.2) is 0 Å². The molecule has 2 saturated carbocycles. The quantitative estimate of drug-likeness (QED) is 0.258. The van der Waals surface area contributed by atoms with Gasteiger partial charge in [-0.05, 0) is 54.4 Å². The summed E-state index contributed by atoms with van der Waals surface area (Å²) in [6.45, 7) is -0.692. The van der Waals surface area contributed by atoms with Gasteiger partial charge in [-0.3, -0.25) is 34.3 Å². The van der Waals surface area contributed by atoms with Crippen LogP contribution in [0, 0.1) is 45.6 Å². The van der Waals surface area contributed by atoms with E-state index < -0.39 is 58.6 Å². The summed E-state index contributed by atoms with van der Waals surface area (Å²) in [5, 5.41) is 11.0. The number of anilines is 1. The minimum atomic E-state index is -4.82. The first-order valence-corrected chi connectivity index (χ1v) is 11.8. The van der Waals surface area contributed by atoms with E-state index in [0.29, 0.717) is 11.8 Å². The van der Waals surface area contributed by atoms with Crippen molar-refractivity contribution in [3.8, 4) is 0 Å². The molecule has 4 aliphatic carbocycles. The van der Waals surface area contributed by atoms with Gasteiger partial charge in [0.25, 0.3) is 11.6 Å². The van der Waals surface area contributed by atoms with E-state index in [4.69, 9.17) is 0 Å². The zero-order chi connectivity index (χ0) is 26.2. The number of para-hydroxylation sites is 1. The van der Waals surface area contributed by atoms with E-state index in [2.05, 4.69) is 0 Å². The molecule has 0 aromatic heterocycles. The molecule has 2 aromatic rings. The molecule has 3 fully saturated rings. The van der Waals surface area contributed by atoms with Crippen molar-refractivity contribution in [3.05, 3.63) is 81.9 Å². The molecule has 0 spiro atoms. The number of hydrogen-bond donors (Lipinski definition) is 0. The monoisotopic (exact) mass is 511 g/mol. The predicted molar refractivity (Wildman–Crippen MR) is 123 cm³/mol. The van der Waals surface area contributed by atoms with E-state index in [0.717, 1.165) is 52.6 Å². The minimum absolute atomic E-state index is 0.0808. The Kier molecular flexibility index (Phi) is 5.05. The molecule has 3 amide bonds. The Hall–Kier alpha value is -4.02. The Balaban J connectivity index is 1.38. The Morgan fingerprint density at radius 1 is 0.973 bits per heavy atom. The highest BCUT2D eigenvalue weighted by Crippen LogP contribution is 2.65. The van der Waals surface area contributed by atoms with Crippen LogP contribution in [-0.2, 0) is 15.8 Å². The highest BCUT2D eigenvalue weighted by atomic mass is 19.4. The van der Waals surface area contributed by atoms with Gasteiger partial charge in [-0.25, -0.2) is 0 Å². The maximum absolute atomic E-state index is 13.9. The molecule has 1 aliphatic heterocycles. The van der Waals surface area contributed by atoms with Crippen LogP contribution in [-0.4, -0.2) is 34.2 Å². The fourth-order valence-corrected chi connectivity index (χ4v) is 6.38. The SMILES string of the molecule is O=C1C2C3C=CC(C4CC34)C2C(=O)N1CN(C(=O)c1ccc([N+](=O)[O-])cc1)c1ccccc1C(F)(F)F. The third-order valence-electron chi connectivity index (χ3n) is 8.11. The third-order valence-corrected chi connectivity index (χ3v) is 8.11. The number of hydrogen-bond acceptors (Lipinski definition) is 5. The van der Waals surface area contributed by atoms with Crippen molar-refractivity contribution in [2.45, 2.75) is 12.6 Å². The van der Waals surface area contributed by atoms with Crippen molar-refractivity contribution >= 4 is 29.1 Å². The Labute approximate surface area is 208 Å². The number of halogens is 3. The number of nitro benzene ring substituents is 1. The zero-order valence-corrected chi connectivity index (χ0v) is 19.2. The second kappa shape index (κ2) is 7.99. The van der Waals surface area contributed by atoms with Crippen LogP contribution in [0.3, 0.4) is 0 Å². The first-order valence-electron chi connectivity index (χ1n) is 11.8. The minimum Gasteiger partial charge on any atom is -0.289 e. The summed E-state index contributed by atoms with van der Waals surface area (Å²) in [5.41, 5.74) is -2.04. The van der Waals surface area contributed by atoms with Crippen LogP contribution < -0.4 is 4.90 Å². The number of nitrogens with zero attached hydrogens (tertiary/aromatic N) is 3. The lowest BCUT2D eigenvalue weighted by molar-refractivity contribution is -0.384. The number of likely N-dealkylation sites (tertiary alicyclic amines) is 1. The molecule has 1 heterocycles. The number of rotatable bonds is 5. The van der Waals surface area contributed by atoms with E-state index in [1.165, 1.54) is 12.1 Å². The molecule has 8 nitrogen and oxygen atoms in total. The molecule has 37 heavy (non-hydrogen) atoms. The van der Waals surface area contributed by atoms with Gasteiger partial charge in [0.2, 0.25) is 11.8 Å². The number of carbonyl (C=O) groups is 3. The number of nitro groups is 1. The maximum Gasteiger partial charge on any atom is 0.418 e. The number of non-ortho nitro benzene ring substituents is 1. The van der Waals surface area contributed by atoms with E-state index in [-0.39, 0.29) is 23.1 Å². The Bertz CT molecular complexity index is 1340. The molecule has 1 saturated heterocycles. The lowest BCUT2D eigenvalue weighted by Gasteiger charge is -2.37. The summed E-state index contributed by atoms with van der Waals surface area (Å²) >= 11 is 0. The van der Waals surface area contributed by atoms with Crippen molar-refractivity contribution < 1.29 is 32.5 Å². The molecule has 0 N–H and O–H groups in total. The van der Waals surface area contributed by atoms with Gasteiger partial charge in [-0.1, -0.05) is 24.3 Å². The van der Waals surface area contributed by atoms with E-state index in [1.807, 2.05) is 12.2 Å². The first-order chi connectivity index (χ1) is 17.6. The topological polar surface area (TPSA) is 101 Å². The average molecular weight is 511 g/mol. The van der Waals surface area contributed by atoms with Gasteiger partial charge in [0, 0.05) is 17.7 Å². The van der Waals surface area contributed by atoms with Crippen LogP contribution in [0.4, 0.5) is 24.5 Å². The molecule has 0 radical (unpaired) electrons. The van der Waals surface area contributed by atoms with Crippen LogP contribution in [0.1, 0.15) is 22.3 Å². The van der Waals surface area contributed by atoms with Crippen LogP contribution in [0.2, 0.25) is 0 Å². The number of benzene rings is 2. The fourth-order valence-electron chi connectivity index (χ4n) is 6.38.